The van der Waals surface area contributed by atoms with Gasteiger partial charge in [0, 0.05) is 65.6 Å². The highest BCUT2D eigenvalue weighted by Gasteiger charge is 2.35. The fourth-order valence-electron chi connectivity index (χ4n) is 7.71. The van der Waals surface area contributed by atoms with Crippen molar-refractivity contribution in [2.24, 2.45) is 11.8 Å². The standard InChI is InChI=1S/C36H57N5O4S2/c1-31-28-40(46(42,43)36-18-16-35(17-19-36)37(2)3)24-10-22-38(30-32-12-6-4-7-13-32)23-11-25-41(29-31)47(44,45)39-26-20-34(21-27-39)33-14-8-5-9-15-33/h5,8-9,14-19,31-32,34H,4,6-7,10-13,20-30H2,1-3H3. The first-order valence-electron chi connectivity index (χ1n) is 17.8. The molecule has 0 bridgehead atoms. The molecular formula is C36H57N5O4S2. The lowest BCUT2D eigenvalue weighted by Gasteiger charge is -2.37. The van der Waals surface area contributed by atoms with Crippen LogP contribution in [0, 0.1) is 11.8 Å². The molecule has 2 aromatic rings. The second-order valence-electron chi connectivity index (χ2n) is 14.3. The van der Waals surface area contributed by atoms with Crippen LogP contribution < -0.4 is 4.90 Å². The van der Waals surface area contributed by atoms with Crippen LogP contribution in [0.4, 0.5) is 5.69 Å². The normalized spacial score (nSPS) is 23.6. The van der Waals surface area contributed by atoms with Crippen molar-refractivity contribution in [3.8, 4) is 0 Å². The van der Waals surface area contributed by atoms with Gasteiger partial charge in [0.15, 0.2) is 0 Å². The number of nitrogens with zero attached hydrogens (tertiary/aromatic N) is 5. The lowest BCUT2D eigenvalue weighted by Crippen LogP contribution is -2.50. The summed E-state index contributed by atoms with van der Waals surface area (Å²) in [5.41, 5.74) is 2.22. The van der Waals surface area contributed by atoms with Gasteiger partial charge >= 0.3 is 0 Å². The zero-order valence-electron chi connectivity index (χ0n) is 28.8. The molecule has 0 N–H and O–H groups in total. The molecule has 0 amide bonds. The van der Waals surface area contributed by atoms with Crippen molar-refractivity contribution in [3.05, 3.63) is 60.2 Å². The Balaban J connectivity index is 1.34. The summed E-state index contributed by atoms with van der Waals surface area (Å²) in [6.07, 6.45) is 9.51. The zero-order chi connectivity index (χ0) is 33.4. The molecule has 2 heterocycles. The minimum Gasteiger partial charge on any atom is -0.378 e. The van der Waals surface area contributed by atoms with Crippen LogP contribution in [-0.4, -0.2) is 108 Å². The van der Waals surface area contributed by atoms with Crippen molar-refractivity contribution in [2.45, 2.75) is 75.5 Å². The van der Waals surface area contributed by atoms with Gasteiger partial charge in [-0.15, -0.1) is 0 Å². The Morgan fingerprint density at radius 2 is 1.26 bits per heavy atom. The zero-order valence-corrected chi connectivity index (χ0v) is 30.5. The first-order chi connectivity index (χ1) is 22.5. The summed E-state index contributed by atoms with van der Waals surface area (Å²) >= 11 is 0. The fraction of sp³-hybridized carbons (Fsp3) is 0.667. The topological polar surface area (TPSA) is 84.5 Å². The average Bonchev–Trinajstić information content (AvgIpc) is 3.07. The van der Waals surface area contributed by atoms with E-state index in [0.717, 1.165) is 51.0 Å². The molecule has 9 nitrogen and oxygen atoms in total. The molecule has 3 aliphatic rings. The maximum absolute atomic E-state index is 14.2. The van der Waals surface area contributed by atoms with E-state index >= 15 is 0 Å². The van der Waals surface area contributed by atoms with E-state index in [9.17, 15) is 16.8 Å². The minimum atomic E-state index is -3.76. The molecule has 3 fully saturated rings. The van der Waals surface area contributed by atoms with Crippen LogP contribution in [0.15, 0.2) is 59.5 Å². The van der Waals surface area contributed by atoms with Gasteiger partial charge in [-0.1, -0.05) is 56.5 Å². The van der Waals surface area contributed by atoms with E-state index in [1.807, 2.05) is 44.1 Å². The minimum absolute atomic E-state index is 0.166. The second-order valence-corrected chi connectivity index (χ2v) is 18.2. The van der Waals surface area contributed by atoms with E-state index in [4.69, 9.17) is 0 Å². The first kappa shape index (κ1) is 36.3. The molecule has 47 heavy (non-hydrogen) atoms. The Morgan fingerprint density at radius 1 is 0.660 bits per heavy atom. The monoisotopic (exact) mass is 687 g/mol. The molecule has 262 valence electrons. The maximum Gasteiger partial charge on any atom is 0.281 e. The number of sulfonamides is 1. The van der Waals surface area contributed by atoms with E-state index in [0.29, 0.717) is 44.6 Å². The van der Waals surface area contributed by atoms with E-state index in [2.05, 4.69) is 29.2 Å². The highest BCUT2D eigenvalue weighted by Crippen LogP contribution is 2.31. The van der Waals surface area contributed by atoms with Crippen molar-refractivity contribution in [1.82, 2.24) is 17.8 Å². The van der Waals surface area contributed by atoms with Crippen LogP contribution in [-0.2, 0) is 20.2 Å². The number of anilines is 1. The number of piperidine rings is 1. The molecule has 0 radical (unpaired) electrons. The van der Waals surface area contributed by atoms with Crippen LogP contribution in [0.1, 0.15) is 76.2 Å². The van der Waals surface area contributed by atoms with Gasteiger partial charge in [-0.05, 0) is 99.2 Å². The molecule has 1 saturated carbocycles. The van der Waals surface area contributed by atoms with Crippen molar-refractivity contribution < 1.29 is 16.8 Å². The first-order valence-corrected chi connectivity index (χ1v) is 20.7. The lowest BCUT2D eigenvalue weighted by molar-refractivity contribution is 0.178. The molecule has 2 aliphatic heterocycles. The van der Waals surface area contributed by atoms with Crippen molar-refractivity contribution in [1.29, 1.82) is 0 Å². The summed E-state index contributed by atoms with van der Waals surface area (Å²) in [6, 6.07) is 17.5. The maximum atomic E-state index is 14.2. The van der Waals surface area contributed by atoms with E-state index in [1.165, 1.54) is 37.7 Å². The molecule has 1 unspecified atom stereocenters. The van der Waals surface area contributed by atoms with Gasteiger partial charge in [0.1, 0.15) is 0 Å². The predicted octanol–water partition coefficient (Wildman–Crippen LogP) is 5.48. The fourth-order valence-corrected chi connectivity index (χ4v) is 11.1. The number of benzene rings is 2. The van der Waals surface area contributed by atoms with Gasteiger partial charge in [-0.25, -0.2) is 8.42 Å². The lowest BCUT2D eigenvalue weighted by atomic mass is 9.89. The predicted molar refractivity (Wildman–Crippen MR) is 191 cm³/mol. The van der Waals surface area contributed by atoms with E-state index < -0.39 is 20.2 Å². The van der Waals surface area contributed by atoms with Gasteiger partial charge in [-0.2, -0.15) is 21.3 Å². The summed E-state index contributed by atoms with van der Waals surface area (Å²) < 4.78 is 61.5. The number of hydrogen-bond donors (Lipinski definition) is 0. The van der Waals surface area contributed by atoms with E-state index in [-0.39, 0.29) is 17.4 Å². The molecule has 0 aromatic heterocycles. The third-order valence-electron chi connectivity index (χ3n) is 10.4. The Morgan fingerprint density at radius 3 is 1.87 bits per heavy atom. The summed E-state index contributed by atoms with van der Waals surface area (Å²) in [5, 5.41) is 0. The number of hydrogen-bond acceptors (Lipinski definition) is 6. The molecule has 1 aliphatic carbocycles. The average molecular weight is 688 g/mol. The molecule has 5 rings (SSSR count). The summed E-state index contributed by atoms with van der Waals surface area (Å²) in [4.78, 5) is 4.72. The van der Waals surface area contributed by atoms with Crippen LogP contribution in [0.5, 0.6) is 0 Å². The van der Waals surface area contributed by atoms with Crippen LogP contribution >= 0.6 is 0 Å². The molecule has 0 spiro atoms. The smallest absolute Gasteiger partial charge is 0.281 e. The highest BCUT2D eigenvalue weighted by molar-refractivity contribution is 7.89. The summed E-state index contributed by atoms with van der Waals surface area (Å²) in [7, 11) is -3.59. The third-order valence-corrected chi connectivity index (χ3v) is 14.3. The quantitative estimate of drug-likeness (QED) is 0.366. The van der Waals surface area contributed by atoms with Gasteiger partial charge in [-0.3, -0.25) is 0 Å². The van der Waals surface area contributed by atoms with Crippen LogP contribution in [0.2, 0.25) is 0 Å². The molecular weight excluding hydrogens is 631 g/mol. The Hall–Kier alpha value is -2.02. The van der Waals surface area contributed by atoms with Gasteiger partial charge < -0.3 is 9.80 Å². The molecule has 2 aromatic carbocycles. The third kappa shape index (κ3) is 9.57. The van der Waals surface area contributed by atoms with Gasteiger partial charge in [0.25, 0.3) is 10.2 Å². The molecule has 11 heteroatoms. The second kappa shape index (κ2) is 16.6. The van der Waals surface area contributed by atoms with Gasteiger partial charge in [0.05, 0.1) is 4.90 Å². The van der Waals surface area contributed by atoms with Crippen molar-refractivity contribution in [2.75, 3.05) is 77.9 Å². The van der Waals surface area contributed by atoms with Crippen molar-refractivity contribution >= 4 is 25.9 Å². The van der Waals surface area contributed by atoms with E-state index in [1.54, 1.807) is 25.0 Å². The van der Waals surface area contributed by atoms with Gasteiger partial charge in [0.2, 0.25) is 10.0 Å². The largest absolute Gasteiger partial charge is 0.378 e. The Bertz CT molecular complexity index is 1460. The summed E-state index contributed by atoms with van der Waals surface area (Å²) in [6.45, 7) is 7.10. The molecule has 2 saturated heterocycles. The summed E-state index contributed by atoms with van der Waals surface area (Å²) in [5.74, 6) is 0.865. The van der Waals surface area contributed by atoms with Crippen LogP contribution in [0.25, 0.3) is 0 Å². The Kier molecular flexibility index (Phi) is 12.8. The SMILES string of the molecule is CC1CN(S(=O)(=O)c2ccc(N(C)C)cc2)CCCN(CC2CCCCC2)CCCN(S(=O)(=O)N2CCC(c3ccccc3)CC2)C1. The Labute approximate surface area is 285 Å². The van der Waals surface area contributed by atoms with Crippen molar-refractivity contribution in [3.63, 3.8) is 0 Å². The molecule has 1 atom stereocenters. The highest BCUT2D eigenvalue weighted by atomic mass is 32.2. The van der Waals surface area contributed by atoms with Crippen LogP contribution in [0.3, 0.4) is 0 Å². The number of rotatable bonds is 8.